The third-order valence-electron chi connectivity index (χ3n) is 4.62. The predicted molar refractivity (Wildman–Crippen MR) is 107 cm³/mol. The zero-order chi connectivity index (χ0) is 18.0. The molecule has 0 spiro atoms. The number of aryl methyl sites for hydroxylation is 1. The van der Waals surface area contributed by atoms with Gasteiger partial charge in [-0.1, -0.05) is 64.1 Å². The summed E-state index contributed by atoms with van der Waals surface area (Å²) < 4.78 is 2.20. The number of rotatable bonds is 2. The molecule has 3 heteroatoms. The number of aromatic amines is 1. The van der Waals surface area contributed by atoms with Crippen molar-refractivity contribution in [2.45, 2.75) is 39.5 Å². The SMILES string of the molecule is CC(C)c1[nH]nc2ccccc12.CC(C)c1cn(C)c2ccccc12. The number of aromatic nitrogens is 3. The van der Waals surface area contributed by atoms with Crippen LogP contribution in [0.25, 0.3) is 21.8 Å². The first-order valence-electron chi connectivity index (χ1n) is 8.96. The lowest BCUT2D eigenvalue weighted by atomic mass is 10.0. The zero-order valence-electron chi connectivity index (χ0n) is 15.7. The van der Waals surface area contributed by atoms with Crippen LogP contribution in [0.5, 0.6) is 0 Å². The second-order valence-corrected chi connectivity index (χ2v) is 7.18. The second kappa shape index (κ2) is 7.14. The molecule has 0 amide bonds. The number of H-pyrrole nitrogens is 1. The maximum absolute atomic E-state index is 4.21. The minimum Gasteiger partial charge on any atom is -0.350 e. The van der Waals surface area contributed by atoms with Crippen LogP contribution in [0.15, 0.2) is 54.7 Å². The second-order valence-electron chi connectivity index (χ2n) is 7.18. The quantitative estimate of drug-likeness (QED) is 0.480. The third kappa shape index (κ3) is 3.46. The Morgan fingerprint density at radius 1 is 0.840 bits per heavy atom. The molecule has 25 heavy (non-hydrogen) atoms. The number of benzene rings is 2. The summed E-state index contributed by atoms with van der Waals surface area (Å²) in [5, 5.41) is 9.91. The number of para-hydroxylation sites is 2. The van der Waals surface area contributed by atoms with E-state index in [1.165, 1.54) is 27.5 Å². The summed E-state index contributed by atoms with van der Waals surface area (Å²) in [6.45, 7) is 8.81. The number of hydrogen-bond donors (Lipinski definition) is 1. The summed E-state index contributed by atoms with van der Waals surface area (Å²) >= 11 is 0. The van der Waals surface area contributed by atoms with Gasteiger partial charge in [0, 0.05) is 35.2 Å². The standard InChI is InChI=1S/C12H15N.C10H12N2/c1-9(2)11-8-13(3)12-7-5-4-6-10(11)12;1-7(2)10-8-5-3-4-6-9(8)11-12-10/h4-9H,1-3H3;3-7H,1-2H3,(H,11,12). The molecule has 0 saturated carbocycles. The Morgan fingerprint density at radius 2 is 1.48 bits per heavy atom. The third-order valence-corrected chi connectivity index (χ3v) is 4.62. The van der Waals surface area contributed by atoms with Crippen molar-refractivity contribution in [3.05, 3.63) is 66.0 Å². The molecule has 0 saturated heterocycles. The molecule has 0 aliphatic carbocycles. The number of hydrogen-bond acceptors (Lipinski definition) is 1. The van der Waals surface area contributed by atoms with E-state index in [4.69, 9.17) is 0 Å². The van der Waals surface area contributed by atoms with Crippen molar-refractivity contribution in [3.8, 4) is 0 Å². The van der Waals surface area contributed by atoms with E-state index < -0.39 is 0 Å². The predicted octanol–water partition coefficient (Wildman–Crippen LogP) is 5.99. The summed E-state index contributed by atoms with van der Waals surface area (Å²) in [6, 6.07) is 16.7. The van der Waals surface area contributed by atoms with E-state index in [0.29, 0.717) is 11.8 Å². The first kappa shape index (κ1) is 17.3. The molecule has 0 bridgehead atoms. The lowest BCUT2D eigenvalue weighted by Gasteiger charge is -2.00. The van der Waals surface area contributed by atoms with Crippen molar-refractivity contribution < 1.29 is 0 Å². The Morgan fingerprint density at radius 3 is 2.16 bits per heavy atom. The molecule has 4 rings (SSSR count). The van der Waals surface area contributed by atoms with Crippen molar-refractivity contribution in [1.29, 1.82) is 0 Å². The van der Waals surface area contributed by atoms with E-state index in [1.54, 1.807) is 0 Å². The summed E-state index contributed by atoms with van der Waals surface area (Å²) in [4.78, 5) is 0. The number of nitrogens with zero attached hydrogens (tertiary/aromatic N) is 2. The highest BCUT2D eigenvalue weighted by Gasteiger charge is 2.08. The minimum absolute atomic E-state index is 0.511. The van der Waals surface area contributed by atoms with Gasteiger partial charge >= 0.3 is 0 Å². The molecule has 0 fully saturated rings. The highest BCUT2D eigenvalue weighted by molar-refractivity contribution is 5.84. The fraction of sp³-hybridized carbons (Fsp3) is 0.318. The van der Waals surface area contributed by atoms with Crippen LogP contribution in [0.4, 0.5) is 0 Å². The average molecular weight is 333 g/mol. The molecule has 0 radical (unpaired) electrons. The molecule has 3 nitrogen and oxygen atoms in total. The number of nitrogens with one attached hydrogen (secondary N) is 1. The maximum atomic E-state index is 4.21. The summed E-state index contributed by atoms with van der Waals surface area (Å²) in [5.74, 6) is 1.11. The molecule has 2 aromatic carbocycles. The van der Waals surface area contributed by atoms with Gasteiger partial charge in [0.2, 0.25) is 0 Å². The van der Waals surface area contributed by atoms with E-state index in [-0.39, 0.29) is 0 Å². The van der Waals surface area contributed by atoms with Gasteiger partial charge in [0.1, 0.15) is 0 Å². The van der Waals surface area contributed by atoms with Gasteiger partial charge in [-0.2, -0.15) is 5.10 Å². The number of fused-ring (bicyclic) bond motifs is 2. The van der Waals surface area contributed by atoms with Crippen LogP contribution < -0.4 is 0 Å². The van der Waals surface area contributed by atoms with E-state index in [0.717, 1.165) is 5.52 Å². The molecule has 0 unspecified atom stereocenters. The zero-order valence-corrected chi connectivity index (χ0v) is 15.7. The Kier molecular flexibility index (Phi) is 4.93. The highest BCUT2D eigenvalue weighted by Crippen LogP contribution is 2.26. The normalized spacial score (nSPS) is 11.3. The fourth-order valence-electron chi connectivity index (χ4n) is 3.25. The summed E-state index contributed by atoms with van der Waals surface area (Å²) in [5.41, 5.74) is 5.05. The van der Waals surface area contributed by atoms with Crippen LogP contribution in [0.2, 0.25) is 0 Å². The lowest BCUT2D eigenvalue weighted by Crippen LogP contribution is -1.86. The van der Waals surface area contributed by atoms with Crippen molar-refractivity contribution in [3.63, 3.8) is 0 Å². The first-order valence-corrected chi connectivity index (χ1v) is 8.96. The molecule has 2 heterocycles. The monoisotopic (exact) mass is 333 g/mol. The Bertz CT molecular complexity index is 973. The van der Waals surface area contributed by atoms with Crippen molar-refractivity contribution >= 4 is 21.8 Å². The van der Waals surface area contributed by atoms with Gasteiger partial charge in [0.25, 0.3) is 0 Å². The van der Waals surface area contributed by atoms with E-state index >= 15 is 0 Å². The molecule has 4 aromatic rings. The van der Waals surface area contributed by atoms with Crippen LogP contribution >= 0.6 is 0 Å². The van der Waals surface area contributed by atoms with Gasteiger partial charge < -0.3 is 4.57 Å². The Hall–Kier alpha value is -2.55. The van der Waals surface area contributed by atoms with Gasteiger partial charge in [-0.05, 0) is 29.5 Å². The fourth-order valence-corrected chi connectivity index (χ4v) is 3.25. The lowest BCUT2D eigenvalue weighted by molar-refractivity contribution is 0.818. The van der Waals surface area contributed by atoms with E-state index in [2.05, 4.69) is 86.0 Å². The topological polar surface area (TPSA) is 33.6 Å². The summed E-state index contributed by atoms with van der Waals surface area (Å²) in [6.07, 6.45) is 2.23. The Balaban J connectivity index is 0.000000146. The molecule has 0 atom stereocenters. The molecular formula is C22H27N3. The molecular weight excluding hydrogens is 306 g/mol. The van der Waals surface area contributed by atoms with Crippen molar-refractivity contribution in [2.24, 2.45) is 7.05 Å². The maximum Gasteiger partial charge on any atom is 0.0923 e. The molecule has 1 N–H and O–H groups in total. The van der Waals surface area contributed by atoms with Crippen molar-refractivity contribution in [2.75, 3.05) is 0 Å². The smallest absolute Gasteiger partial charge is 0.0923 e. The van der Waals surface area contributed by atoms with Gasteiger partial charge in [0.05, 0.1) is 5.52 Å². The average Bonchev–Trinajstić information content (AvgIpc) is 3.18. The summed E-state index contributed by atoms with van der Waals surface area (Å²) in [7, 11) is 2.11. The van der Waals surface area contributed by atoms with Gasteiger partial charge in [-0.3, -0.25) is 5.10 Å². The largest absolute Gasteiger partial charge is 0.350 e. The van der Waals surface area contributed by atoms with Gasteiger partial charge in [0.15, 0.2) is 0 Å². The minimum atomic E-state index is 0.511. The van der Waals surface area contributed by atoms with Crippen LogP contribution in [0, 0.1) is 0 Å². The molecule has 130 valence electrons. The molecule has 0 aliphatic heterocycles. The highest BCUT2D eigenvalue weighted by atomic mass is 15.1. The van der Waals surface area contributed by atoms with Crippen LogP contribution in [-0.4, -0.2) is 14.8 Å². The van der Waals surface area contributed by atoms with E-state index in [1.807, 2.05) is 18.2 Å². The first-order chi connectivity index (χ1) is 12.0. The van der Waals surface area contributed by atoms with Gasteiger partial charge in [-0.15, -0.1) is 0 Å². The van der Waals surface area contributed by atoms with E-state index in [9.17, 15) is 0 Å². The molecule has 2 aromatic heterocycles. The van der Waals surface area contributed by atoms with Crippen LogP contribution in [0.3, 0.4) is 0 Å². The Labute approximate surface area is 149 Å². The van der Waals surface area contributed by atoms with Crippen LogP contribution in [0.1, 0.15) is 50.8 Å². The van der Waals surface area contributed by atoms with Crippen LogP contribution in [-0.2, 0) is 7.05 Å². The van der Waals surface area contributed by atoms with Crippen molar-refractivity contribution in [1.82, 2.24) is 14.8 Å². The molecule has 0 aliphatic rings. The van der Waals surface area contributed by atoms with Gasteiger partial charge in [-0.25, -0.2) is 0 Å².